The average Bonchev–Trinajstić information content (AvgIpc) is 3.38. The first kappa shape index (κ1) is 69.6. The molecule has 0 radical (unpaired) electrons. The van der Waals surface area contributed by atoms with Crippen molar-refractivity contribution in [1.82, 2.24) is 52.8 Å². The van der Waals surface area contributed by atoms with E-state index in [0.717, 1.165) is 27.8 Å². The summed E-state index contributed by atoms with van der Waals surface area (Å²) < 4.78 is 0. The molecule has 0 saturated carbocycles. The molecule has 31 heteroatoms. The highest BCUT2D eigenvalue weighted by atomic mass is 16.4. The first-order valence-electron chi connectivity index (χ1n) is 25.2. The lowest BCUT2D eigenvalue weighted by Crippen LogP contribution is -2.64. The van der Waals surface area contributed by atoms with E-state index >= 15 is 0 Å². The van der Waals surface area contributed by atoms with E-state index in [1.54, 1.807) is 30.3 Å². The molecule has 79 heavy (non-hydrogen) atoms. The van der Waals surface area contributed by atoms with E-state index in [4.69, 9.17) is 17.2 Å². The number of amides is 11. The number of primary amides is 1. The predicted molar refractivity (Wildman–Crippen MR) is 277 cm³/mol. The molecule has 0 fully saturated rings. The minimum absolute atomic E-state index is 0.0393. The number of carbonyl (C=O) groups is 12. The molecule has 0 heterocycles. The molecule has 0 aliphatic carbocycles. The number of carboxylic acid groups (broad SMARTS) is 1. The van der Waals surface area contributed by atoms with E-state index in [9.17, 15) is 88.2 Å². The Morgan fingerprint density at radius 1 is 0.532 bits per heavy atom. The van der Waals surface area contributed by atoms with E-state index in [-0.39, 0.29) is 19.4 Å². The van der Waals surface area contributed by atoms with Gasteiger partial charge in [-0.1, -0.05) is 44.2 Å². The van der Waals surface area contributed by atoms with Gasteiger partial charge in [0.05, 0.1) is 44.5 Å². The van der Waals surface area contributed by atoms with Crippen LogP contribution in [0.5, 0.6) is 0 Å². The van der Waals surface area contributed by atoms with Gasteiger partial charge in [-0.15, -0.1) is 0 Å². The Morgan fingerprint density at radius 2 is 0.987 bits per heavy atom. The molecular formula is C48H79N13O18. The third-order valence-electron chi connectivity index (χ3n) is 11.9. The van der Waals surface area contributed by atoms with Gasteiger partial charge in [-0.05, 0) is 65.0 Å². The summed E-state index contributed by atoms with van der Waals surface area (Å²) >= 11 is 0. The van der Waals surface area contributed by atoms with Crippen molar-refractivity contribution in [2.75, 3.05) is 33.4 Å². The topological polar surface area (TPSA) is 516 Å². The molecule has 1 aromatic rings. The molecule has 11 amide bonds. The monoisotopic (exact) mass is 1130 g/mol. The second-order valence-corrected chi connectivity index (χ2v) is 19.0. The number of rotatable bonds is 35. The summed E-state index contributed by atoms with van der Waals surface area (Å²) in [7, 11) is 0.973. The highest BCUT2D eigenvalue weighted by Crippen LogP contribution is 2.12. The number of unbranched alkanes of at least 4 members (excludes halogenated alkanes) is 1. The van der Waals surface area contributed by atoms with Crippen LogP contribution in [0.3, 0.4) is 0 Å². The van der Waals surface area contributed by atoms with Gasteiger partial charge in [-0.25, -0.2) is 0 Å². The molecular weight excluding hydrogens is 1050 g/mol. The number of nitrogens with one attached hydrogen (secondary N) is 9. The van der Waals surface area contributed by atoms with Crippen molar-refractivity contribution in [3.63, 3.8) is 0 Å². The summed E-state index contributed by atoms with van der Waals surface area (Å²) in [6.45, 7) is 5.02. The summed E-state index contributed by atoms with van der Waals surface area (Å²) in [5.74, 6) is -14.2. The van der Waals surface area contributed by atoms with E-state index in [1.807, 2.05) is 0 Å². The average molecular weight is 1130 g/mol. The van der Waals surface area contributed by atoms with Crippen molar-refractivity contribution in [2.45, 2.75) is 152 Å². The molecule has 0 aliphatic heterocycles. The van der Waals surface area contributed by atoms with Gasteiger partial charge in [0.15, 0.2) is 0 Å². The Kier molecular flexibility index (Phi) is 30.4. The number of hydrogen-bond acceptors (Lipinski definition) is 19. The minimum Gasteiger partial charge on any atom is -0.480 e. The van der Waals surface area contributed by atoms with Crippen LogP contribution >= 0.6 is 0 Å². The van der Waals surface area contributed by atoms with Crippen LogP contribution in [0.25, 0.3) is 0 Å². The second-order valence-electron chi connectivity index (χ2n) is 19.0. The van der Waals surface area contributed by atoms with Crippen molar-refractivity contribution in [2.24, 2.45) is 23.1 Å². The first-order valence-corrected chi connectivity index (χ1v) is 25.2. The highest BCUT2D eigenvalue weighted by Gasteiger charge is 2.41. The number of carboxylic acids is 1. The molecule has 13 atom stereocenters. The van der Waals surface area contributed by atoms with Crippen LogP contribution in [0.15, 0.2) is 30.3 Å². The largest absolute Gasteiger partial charge is 0.480 e. The first-order chi connectivity index (χ1) is 36.9. The number of benzene rings is 1. The van der Waals surface area contributed by atoms with Gasteiger partial charge in [0, 0.05) is 13.5 Å². The molecule has 1 rings (SSSR count). The Labute approximate surface area is 455 Å². The maximum absolute atomic E-state index is 14.0. The maximum Gasteiger partial charge on any atom is 0.325 e. The zero-order valence-electron chi connectivity index (χ0n) is 45.1. The van der Waals surface area contributed by atoms with Crippen LogP contribution < -0.4 is 65.1 Å². The van der Waals surface area contributed by atoms with E-state index in [2.05, 4.69) is 47.9 Å². The lowest BCUT2D eigenvalue weighted by Gasteiger charge is -2.34. The lowest BCUT2D eigenvalue weighted by atomic mass is 10.0. The maximum atomic E-state index is 14.0. The SMILES string of the molecule is CC(C)[C@H](NC(=O)[C@@H](NC(=O)[C@H]([C@@H](C)O)N(C)C(=O)[C@H](CO)NC(=O)[C@@H](NC(=O)[C@H](Cc1ccccc1)NC(=O)[C@H](CC(N)=O)NC(=O)[C@H](CO)NC(=O)CN)[C@@H](C)O)[C@@H](C)O)C(=O)N[C@@H](CCCCN)C(=O)N[C@@H](C)C(=O)O. The zero-order valence-corrected chi connectivity index (χ0v) is 45.1. The quantitative estimate of drug-likeness (QED) is 0.0281. The van der Waals surface area contributed by atoms with E-state index in [0.29, 0.717) is 23.3 Å². The predicted octanol–water partition coefficient (Wildman–Crippen LogP) is -8.73. The molecule has 21 N–H and O–H groups in total. The Bertz CT molecular complexity index is 2260. The summed E-state index contributed by atoms with van der Waals surface area (Å²) in [6, 6.07) is -8.94. The van der Waals surface area contributed by atoms with Crippen LogP contribution in [-0.4, -0.2) is 219 Å². The van der Waals surface area contributed by atoms with Gasteiger partial charge in [0.2, 0.25) is 65.0 Å². The molecule has 0 saturated heterocycles. The summed E-state index contributed by atoms with van der Waals surface area (Å²) in [6.07, 6.45) is -5.58. The number of hydrogen-bond donors (Lipinski definition) is 18. The smallest absolute Gasteiger partial charge is 0.325 e. The molecule has 444 valence electrons. The Hall–Kier alpha value is -7.42. The summed E-state index contributed by atoms with van der Waals surface area (Å²) in [4.78, 5) is 158. The van der Waals surface area contributed by atoms with Crippen molar-refractivity contribution >= 4 is 70.9 Å². The van der Waals surface area contributed by atoms with Crippen LogP contribution in [0.1, 0.15) is 72.8 Å². The lowest BCUT2D eigenvalue weighted by molar-refractivity contribution is -0.148. The third kappa shape index (κ3) is 23.2. The fourth-order valence-electron chi connectivity index (χ4n) is 7.49. The van der Waals surface area contributed by atoms with E-state index in [1.165, 1.54) is 20.8 Å². The normalized spacial score (nSPS) is 16.1. The van der Waals surface area contributed by atoms with Gasteiger partial charge in [-0.2, -0.15) is 0 Å². The van der Waals surface area contributed by atoms with Crippen LogP contribution in [-0.2, 0) is 64.0 Å². The molecule has 0 unspecified atom stereocenters. The van der Waals surface area contributed by atoms with Crippen molar-refractivity contribution in [1.29, 1.82) is 0 Å². The van der Waals surface area contributed by atoms with Gasteiger partial charge in [0.25, 0.3) is 0 Å². The minimum atomic E-state index is -1.98. The van der Waals surface area contributed by atoms with Crippen LogP contribution in [0.2, 0.25) is 0 Å². The number of likely N-dealkylation sites (N-methyl/N-ethyl adjacent to an activating group) is 1. The second kappa shape index (κ2) is 34.5. The highest BCUT2D eigenvalue weighted by molar-refractivity contribution is 6.00. The van der Waals surface area contributed by atoms with Gasteiger partial charge in [-0.3, -0.25) is 57.5 Å². The summed E-state index contributed by atoms with van der Waals surface area (Å²) in [5, 5.41) is 82.0. The molecule has 0 bridgehead atoms. The van der Waals surface area contributed by atoms with Crippen molar-refractivity contribution in [3.8, 4) is 0 Å². The number of aliphatic carboxylic acids is 1. The Morgan fingerprint density at radius 3 is 1.47 bits per heavy atom. The summed E-state index contributed by atoms with van der Waals surface area (Å²) in [5.41, 5.74) is 16.6. The fourth-order valence-corrected chi connectivity index (χ4v) is 7.49. The van der Waals surface area contributed by atoms with Crippen molar-refractivity contribution in [3.05, 3.63) is 35.9 Å². The number of nitrogens with zero attached hydrogens (tertiary/aromatic N) is 1. The zero-order chi connectivity index (χ0) is 60.4. The van der Waals surface area contributed by atoms with Gasteiger partial charge in [0.1, 0.15) is 60.4 Å². The van der Waals surface area contributed by atoms with Crippen molar-refractivity contribution < 1.29 is 88.2 Å². The van der Waals surface area contributed by atoms with Gasteiger partial charge < -0.3 is 101 Å². The standard InChI is InChI=1S/C48H79N13O18/c1-22(2)35(43(73)54-28(15-11-12-16-49)39(69)52-23(3)48(78)79)58-45(75)37(25(5)65)60-46(76)38(26(6)66)61(7)47(77)32(21-63)57-44(74)36(24(4)64)59-41(71)29(17-27-13-9-8-10-14-27)55-40(70)30(18-33(51)67)56-42(72)31(20-62)53-34(68)19-50/h8-10,13-14,22-26,28-32,35-38,62-66H,11-12,15-21,49-50H2,1-7H3,(H2,51,67)(H,52,69)(H,53,68)(H,54,73)(H,55,70)(H,56,72)(H,57,74)(H,58,75)(H,59,71)(H,60,76)(H,78,79)/t23-,24+,25+,26+,28-,29-,30-,31-,32-,35-,36-,37-,38-/m0/s1. The molecule has 1 aromatic carbocycles. The number of nitrogens with two attached hydrogens (primary N) is 3. The van der Waals surface area contributed by atoms with Crippen LogP contribution in [0, 0.1) is 5.92 Å². The molecule has 0 spiro atoms. The molecule has 0 aliphatic rings. The Balaban J connectivity index is 3.42. The van der Waals surface area contributed by atoms with Crippen LogP contribution in [0.4, 0.5) is 0 Å². The third-order valence-corrected chi connectivity index (χ3v) is 11.9. The number of carbonyl (C=O) groups excluding carboxylic acids is 11. The van der Waals surface area contributed by atoms with Gasteiger partial charge >= 0.3 is 5.97 Å². The molecule has 0 aromatic heterocycles. The van der Waals surface area contributed by atoms with E-state index < -0.39 is 182 Å². The number of aliphatic hydroxyl groups is 5. The fraction of sp³-hybridized carbons (Fsp3) is 0.625. The molecule has 31 nitrogen and oxygen atoms in total. The number of aliphatic hydroxyl groups excluding tert-OH is 5.